The summed E-state index contributed by atoms with van der Waals surface area (Å²) in [6.45, 7) is 4.58. The molecule has 0 aromatic heterocycles. The molecule has 78 valence electrons. The van der Waals surface area contributed by atoms with Crippen LogP contribution in [0, 0.1) is 11.8 Å². The van der Waals surface area contributed by atoms with E-state index in [9.17, 15) is 0 Å². The van der Waals surface area contributed by atoms with Crippen molar-refractivity contribution in [3.8, 4) is 0 Å². The highest BCUT2D eigenvalue weighted by atomic mass is 15.2. The second kappa shape index (κ2) is 5.61. The molecule has 0 aliphatic heterocycles. The summed E-state index contributed by atoms with van der Waals surface area (Å²) in [6, 6.07) is 0.567. The molecule has 1 aliphatic carbocycles. The monoisotopic (exact) mass is 184 g/mol. The summed E-state index contributed by atoms with van der Waals surface area (Å²) in [6.07, 6.45) is 8.09. The van der Waals surface area contributed by atoms with Gasteiger partial charge in [0, 0.05) is 6.04 Å². The molecule has 2 unspecified atom stereocenters. The number of hydrazine groups is 1. The summed E-state index contributed by atoms with van der Waals surface area (Å²) in [7, 11) is 0. The van der Waals surface area contributed by atoms with Gasteiger partial charge in [-0.25, -0.2) is 0 Å². The predicted octanol–water partition coefficient (Wildman–Crippen LogP) is 2.44. The van der Waals surface area contributed by atoms with Crippen LogP contribution in [-0.4, -0.2) is 6.04 Å². The zero-order chi connectivity index (χ0) is 9.68. The normalized spacial score (nSPS) is 23.3. The summed E-state index contributed by atoms with van der Waals surface area (Å²) in [5.74, 6) is 7.26. The summed E-state index contributed by atoms with van der Waals surface area (Å²) in [5, 5.41) is 0. The van der Waals surface area contributed by atoms with E-state index < -0.39 is 0 Å². The lowest BCUT2D eigenvalue weighted by atomic mass is 9.89. The Morgan fingerprint density at radius 1 is 1.38 bits per heavy atom. The first kappa shape index (κ1) is 11.0. The van der Waals surface area contributed by atoms with Crippen LogP contribution in [0.3, 0.4) is 0 Å². The van der Waals surface area contributed by atoms with Crippen molar-refractivity contribution in [2.45, 2.75) is 58.4 Å². The van der Waals surface area contributed by atoms with Gasteiger partial charge in [-0.3, -0.25) is 11.3 Å². The van der Waals surface area contributed by atoms with Crippen LogP contribution in [0.5, 0.6) is 0 Å². The van der Waals surface area contributed by atoms with E-state index in [1.165, 1.54) is 38.5 Å². The molecule has 0 spiro atoms. The van der Waals surface area contributed by atoms with Crippen LogP contribution in [0.25, 0.3) is 0 Å². The number of hydrogen-bond donors (Lipinski definition) is 2. The molecular weight excluding hydrogens is 160 g/mol. The van der Waals surface area contributed by atoms with Crippen LogP contribution in [0.15, 0.2) is 0 Å². The van der Waals surface area contributed by atoms with Crippen molar-refractivity contribution >= 4 is 0 Å². The van der Waals surface area contributed by atoms with Crippen LogP contribution >= 0.6 is 0 Å². The van der Waals surface area contributed by atoms with Crippen molar-refractivity contribution in [2.24, 2.45) is 17.7 Å². The molecule has 0 amide bonds. The minimum atomic E-state index is 0.567. The predicted molar refractivity (Wildman–Crippen MR) is 57.1 cm³/mol. The van der Waals surface area contributed by atoms with Gasteiger partial charge < -0.3 is 0 Å². The molecule has 0 saturated heterocycles. The fourth-order valence-electron chi connectivity index (χ4n) is 2.36. The Labute approximate surface area is 82.2 Å². The average molecular weight is 184 g/mol. The van der Waals surface area contributed by atoms with Gasteiger partial charge in [-0.2, -0.15) is 0 Å². The van der Waals surface area contributed by atoms with E-state index in [1.807, 2.05) is 0 Å². The third-order valence-electron chi connectivity index (χ3n) is 3.54. The fraction of sp³-hybridized carbons (Fsp3) is 1.00. The van der Waals surface area contributed by atoms with E-state index in [4.69, 9.17) is 5.84 Å². The highest BCUT2D eigenvalue weighted by molar-refractivity contribution is 4.80. The SMILES string of the molecule is CCC(C)CC(NN)C1CCCC1. The minimum absolute atomic E-state index is 0.567. The van der Waals surface area contributed by atoms with Gasteiger partial charge in [0.15, 0.2) is 0 Å². The highest BCUT2D eigenvalue weighted by Gasteiger charge is 2.24. The molecule has 2 atom stereocenters. The molecule has 1 saturated carbocycles. The molecule has 1 aliphatic rings. The smallest absolute Gasteiger partial charge is 0.0241 e. The van der Waals surface area contributed by atoms with Crippen molar-refractivity contribution in [1.29, 1.82) is 0 Å². The Balaban J connectivity index is 2.32. The molecular formula is C11H24N2. The summed E-state index contributed by atoms with van der Waals surface area (Å²) >= 11 is 0. The molecule has 0 heterocycles. The molecule has 13 heavy (non-hydrogen) atoms. The number of nitrogens with one attached hydrogen (secondary N) is 1. The Morgan fingerprint density at radius 2 is 2.00 bits per heavy atom. The molecule has 0 radical (unpaired) electrons. The van der Waals surface area contributed by atoms with Gasteiger partial charge in [0.1, 0.15) is 0 Å². The number of hydrogen-bond acceptors (Lipinski definition) is 2. The van der Waals surface area contributed by atoms with Crippen LogP contribution in [0.2, 0.25) is 0 Å². The largest absolute Gasteiger partial charge is 0.271 e. The zero-order valence-electron chi connectivity index (χ0n) is 9.05. The molecule has 0 bridgehead atoms. The Bertz CT molecular complexity index is 130. The maximum Gasteiger partial charge on any atom is 0.0241 e. The van der Waals surface area contributed by atoms with Crippen molar-refractivity contribution in [2.75, 3.05) is 0 Å². The maximum atomic E-state index is 5.61. The first-order valence-electron chi connectivity index (χ1n) is 5.74. The number of rotatable bonds is 5. The van der Waals surface area contributed by atoms with Gasteiger partial charge in [0.2, 0.25) is 0 Å². The summed E-state index contributed by atoms with van der Waals surface area (Å²) in [5.41, 5.74) is 3.01. The van der Waals surface area contributed by atoms with Gasteiger partial charge in [0.25, 0.3) is 0 Å². The highest BCUT2D eigenvalue weighted by Crippen LogP contribution is 2.30. The first-order valence-corrected chi connectivity index (χ1v) is 5.74. The lowest BCUT2D eigenvalue weighted by Crippen LogP contribution is -2.41. The van der Waals surface area contributed by atoms with Gasteiger partial charge in [-0.05, 0) is 31.1 Å². The van der Waals surface area contributed by atoms with Gasteiger partial charge in [-0.15, -0.1) is 0 Å². The summed E-state index contributed by atoms with van der Waals surface area (Å²) in [4.78, 5) is 0. The second-order valence-electron chi connectivity index (χ2n) is 4.57. The molecule has 0 aromatic carbocycles. The topological polar surface area (TPSA) is 38.0 Å². The van der Waals surface area contributed by atoms with Gasteiger partial charge in [-0.1, -0.05) is 33.1 Å². The van der Waals surface area contributed by atoms with E-state index in [1.54, 1.807) is 0 Å². The van der Waals surface area contributed by atoms with E-state index in [2.05, 4.69) is 19.3 Å². The first-order chi connectivity index (χ1) is 6.27. The lowest BCUT2D eigenvalue weighted by Gasteiger charge is -2.25. The van der Waals surface area contributed by atoms with E-state index in [-0.39, 0.29) is 0 Å². The van der Waals surface area contributed by atoms with Crippen LogP contribution in [0.1, 0.15) is 52.4 Å². The quantitative estimate of drug-likeness (QED) is 0.509. The molecule has 1 rings (SSSR count). The third-order valence-corrected chi connectivity index (χ3v) is 3.54. The fourth-order valence-corrected chi connectivity index (χ4v) is 2.36. The lowest BCUT2D eigenvalue weighted by molar-refractivity contribution is 0.301. The maximum absolute atomic E-state index is 5.61. The second-order valence-corrected chi connectivity index (χ2v) is 4.57. The van der Waals surface area contributed by atoms with E-state index in [0.29, 0.717) is 6.04 Å². The zero-order valence-corrected chi connectivity index (χ0v) is 9.05. The average Bonchev–Trinajstić information content (AvgIpc) is 2.66. The van der Waals surface area contributed by atoms with Crippen molar-refractivity contribution in [3.63, 3.8) is 0 Å². The molecule has 1 fully saturated rings. The number of nitrogens with two attached hydrogens (primary N) is 1. The van der Waals surface area contributed by atoms with Gasteiger partial charge in [0.05, 0.1) is 0 Å². The Kier molecular flexibility index (Phi) is 4.74. The van der Waals surface area contributed by atoms with Crippen LogP contribution in [0.4, 0.5) is 0 Å². The van der Waals surface area contributed by atoms with Crippen molar-refractivity contribution in [3.05, 3.63) is 0 Å². The van der Waals surface area contributed by atoms with Crippen LogP contribution < -0.4 is 11.3 Å². The molecule has 3 N–H and O–H groups in total. The molecule has 0 aromatic rings. The van der Waals surface area contributed by atoms with E-state index in [0.717, 1.165) is 11.8 Å². The standard InChI is InChI=1S/C11H24N2/c1-3-9(2)8-11(13-12)10-6-4-5-7-10/h9-11,13H,3-8,12H2,1-2H3. The third kappa shape index (κ3) is 3.28. The van der Waals surface area contributed by atoms with Crippen molar-refractivity contribution in [1.82, 2.24) is 5.43 Å². The van der Waals surface area contributed by atoms with Crippen LogP contribution in [-0.2, 0) is 0 Å². The summed E-state index contributed by atoms with van der Waals surface area (Å²) < 4.78 is 0. The molecule has 2 heteroatoms. The van der Waals surface area contributed by atoms with E-state index >= 15 is 0 Å². The molecule has 2 nitrogen and oxygen atoms in total. The minimum Gasteiger partial charge on any atom is -0.271 e. The Morgan fingerprint density at radius 3 is 2.46 bits per heavy atom. The Hall–Kier alpha value is -0.0800. The van der Waals surface area contributed by atoms with Crippen molar-refractivity contribution < 1.29 is 0 Å². The van der Waals surface area contributed by atoms with Gasteiger partial charge >= 0.3 is 0 Å².